The van der Waals surface area contributed by atoms with Crippen LogP contribution in [0.4, 0.5) is 5.13 Å². The highest BCUT2D eigenvalue weighted by Crippen LogP contribution is 2.36. The van der Waals surface area contributed by atoms with E-state index in [1.165, 1.54) is 23.6 Å². The van der Waals surface area contributed by atoms with Crippen molar-refractivity contribution in [3.63, 3.8) is 0 Å². The first-order chi connectivity index (χ1) is 9.02. The number of fused-ring (bicyclic) bond motifs is 1. The van der Waals surface area contributed by atoms with Crippen LogP contribution in [0.3, 0.4) is 0 Å². The van der Waals surface area contributed by atoms with E-state index in [0.29, 0.717) is 5.13 Å². The van der Waals surface area contributed by atoms with Gasteiger partial charge in [-0.05, 0) is 6.07 Å². The van der Waals surface area contributed by atoms with Crippen molar-refractivity contribution in [1.29, 1.82) is 0 Å². The number of carbonyl (C=O) groups excluding carboxylic acids is 2. The third-order valence-electron chi connectivity index (χ3n) is 2.73. The molecule has 1 aromatic carbocycles. The highest BCUT2D eigenvalue weighted by Gasteiger charge is 2.47. The van der Waals surface area contributed by atoms with Crippen LogP contribution in [-0.2, 0) is 0 Å². The molecule has 1 aliphatic rings. The van der Waals surface area contributed by atoms with E-state index in [2.05, 4.69) is 4.98 Å². The fraction of sp³-hybridized carbons (Fsp3) is 0. The Morgan fingerprint density at radius 3 is 2.40 bits per heavy atom. The van der Waals surface area contributed by atoms with Crippen molar-refractivity contribution in [3.05, 3.63) is 43.8 Å². The third-order valence-corrected chi connectivity index (χ3v) is 4.79. The summed E-state index contributed by atoms with van der Waals surface area (Å²) in [6, 6.07) is 1.37. The van der Waals surface area contributed by atoms with Crippen LogP contribution in [0.15, 0.2) is 17.6 Å². The quantitative estimate of drug-likeness (QED) is 0.550. The summed E-state index contributed by atoms with van der Waals surface area (Å²) in [6.07, 6.45) is 1.53. The van der Waals surface area contributed by atoms with Gasteiger partial charge in [0.05, 0.1) is 15.1 Å². The largest absolute Gasteiger partial charge is 1.00 e. The fourth-order valence-corrected chi connectivity index (χ4v) is 3.27. The molecule has 0 aliphatic carbocycles. The Bertz CT molecular complexity index is 718. The van der Waals surface area contributed by atoms with Gasteiger partial charge < -0.3 is 12.4 Å². The zero-order valence-corrected chi connectivity index (χ0v) is 13.3. The number of amides is 2. The molecule has 2 heterocycles. The summed E-state index contributed by atoms with van der Waals surface area (Å²) < 4.78 is 0. The third kappa shape index (κ3) is 2.15. The second-order valence-electron chi connectivity index (χ2n) is 3.78. The number of quaternary nitrogens is 1. The number of hydrogen-bond donors (Lipinski definition) is 1. The summed E-state index contributed by atoms with van der Waals surface area (Å²) in [7, 11) is 0. The Balaban J connectivity index is 0.00000147. The van der Waals surface area contributed by atoms with Crippen LogP contribution in [0, 0.1) is 0 Å². The Labute approximate surface area is 138 Å². The van der Waals surface area contributed by atoms with Crippen molar-refractivity contribution in [2.24, 2.45) is 0 Å². The Hall–Kier alpha value is -0.690. The lowest BCUT2D eigenvalue weighted by Gasteiger charge is -2.01. The molecule has 1 atom stereocenters. The molecular formula is C11H4Cl4N2O2S. The van der Waals surface area contributed by atoms with E-state index in [-0.39, 0.29) is 43.5 Å². The van der Waals surface area contributed by atoms with Crippen molar-refractivity contribution < 1.29 is 26.9 Å². The molecule has 1 unspecified atom stereocenters. The lowest BCUT2D eigenvalue weighted by atomic mass is 10.1. The maximum atomic E-state index is 12.3. The molecule has 9 heteroatoms. The normalized spacial score (nSPS) is 17.1. The van der Waals surface area contributed by atoms with E-state index in [1.807, 2.05) is 0 Å². The molecule has 0 saturated heterocycles. The summed E-state index contributed by atoms with van der Waals surface area (Å²) in [6.45, 7) is 0. The van der Waals surface area contributed by atoms with Gasteiger partial charge in [0.25, 0.3) is 5.13 Å². The lowest BCUT2D eigenvalue weighted by Crippen LogP contribution is -3.10. The fourth-order valence-electron chi connectivity index (χ4n) is 1.90. The van der Waals surface area contributed by atoms with Gasteiger partial charge in [0, 0.05) is 11.6 Å². The van der Waals surface area contributed by atoms with E-state index in [9.17, 15) is 9.59 Å². The number of carbonyl (C=O) groups is 2. The molecule has 0 radical (unpaired) electrons. The van der Waals surface area contributed by atoms with E-state index in [1.54, 1.807) is 5.38 Å². The van der Waals surface area contributed by atoms with Crippen LogP contribution in [0.1, 0.15) is 20.7 Å². The molecule has 2 aromatic rings. The van der Waals surface area contributed by atoms with Gasteiger partial charge >= 0.3 is 11.8 Å². The molecule has 0 saturated carbocycles. The first kappa shape index (κ1) is 15.7. The number of thiazole rings is 1. The average molecular weight is 370 g/mol. The van der Waals surface area contributed by atoms with Gasteiger partial charge in [-0.25, -0.2) is 9.59 Å². The van der Waals surface area contributed by atoms with Crippen LogP contribution in [-0.4, -0.2) is 16.8 Å². The molecule has 1 aliphatic heterocycles. The second-order valence-corrected chi connectivity index (χ2v) is 5.84. The van der Waals surface area contributed by atoms with Gasteiger partial charge in [-0.15, -0.1) is 4.90 Å². The van der Waals surface area contributed by atoms with Crippen molar-refractivity contribution in [2.75, 3.05) is 0 Å². The minimum atomic E-state index is -0.460. The SMILES string of the molecule is O=C1c2cc(Cl)c(Cl)c(Cl)c2C(=O)[NH+]1c1nccs1.[Cl-]. The standard InChI is InChI=1S/C11H3Cl3N2O2S.ClH/c12-5-3-4-6(8(14)7(5)13)10(18)16(9(4)17)11-15-1-2-19-11;/h1-3H;1H. The predicted molar refractivity (Wildman–Crippen MR) is 72.9 cm³/mol. The van der Waals surface area contributed by atoms with Gasteiger partial charge in [-0.2, -0.15) is 4.98 Å². The maximum absolute atomic E-state index is 12.3. The van der Waals surface area contributed by atoms with Crippen LogP contribution >= 0.6 is 46.1 Å². The summed E-state index contributed by atoms with van der Waals surface area (Å²) in [5.41, 5.74) is 0.279. The van der Waals surface area contributed by atoms with Gasteiger partial charge in [-0.3, -0.25) is 0 Å². The van der Waals surface area contributed by atoms with Gasteiger partial charge in [-0.1, -0.05) is 46.1 Å². The minimum Gasteiger partial charge on any atom is -1.00 e. The smallest absolute Gasteiger partial charge is 0.361 e. The zero-order valence-electron chi connectivity index (χ0n) is 9.42. The lowest BCUT2D eigenvalue weighted by molar-refractivity contribution is -0.640. The highest BCUT2D eigenvalue weighted by molar-refractivity contribution is 7.12. The number of hydrogen-bond acceptors (Lipinski definition) is 4. The van der Waals surface area contributed by atoms with E-state index < -0.39 is 11.8 Å². The number of aromatic nitrogens is 1. The number of imide groups is 1. The van der Waals surface area contributed by atoms with E-state index in [4.69, 9.17) is 34.8 Å². The topological polar surface area (TPSA) is 51.5 Å². The van der Waals surface area contributed by atoms with Crippen molar-refractivity contribution in [1.82, 2.24) is 4.98 Å². The van der Waals surface area contributed by atoms with E-state index in [0.717, 1.165) is 0 Å². The summed E-state index contributed by atoms with van der Waals surface area (Å²) in [5.74, 6) is -0.881. The number of nitrogens with zero attached hydrogens (tertiary/aromatic N) is 1. The van der Waals surface area contributed by atoms with E-state index >= 15 is 0 Å². The molecule has 3 rings (SSSR count). The molecule has 0 spiro atoms. The monoisotopic (exact) mass is 368 g/mol. The van der Waals surface area contributed by atoms with Crippen molar-refractivity contribution in [3.8, 4) is 0 Å². The molecule has 20 heavy (non-hydrogen) atoms. The maximum Gasteiger partial charge on any atom is 0.361 e. The zero-order chi connectivity index (χ0) is 13.7. The molecule has 4 nitrogen and oxygen atoms in total. The number of rotatable bonds is 1. The predicted octanol–water partition coefficient (Wildman–Crippen LogP) is -0.382. The summed E-state index contributed by atoms with van der Waals surface area (Å²) in [4.78, 5) is 28.6. The summed E-state index contributed by atoms with van der Waals surface area (Å²) in [5, 5.41) is 2.28. The Morgan fingerprint density at radius 2 is 1.80 bits per heavy atom. The van der Waals surface area contributed by atoms with Crippen molar-refractivity contribution in [2.45, 2.75) is 0 Å². The van der Waals surface area contributed by atoms with Crippen LogP contribution < -0.4 is 17.3 Å². The number of nitrogens with one attached hydrogen (secondary N) is 1. The van der Waals surface area contributed by atoms with Gasteiger partial charge in [0.1, 0.15) is 11.1 Å². The minimum absolute atomic E-state index is 0. The first-order valence-electron chi connectivity index (χ1n) is 5.06. The molecule has 0 fully saturated rings. The van der Waals surface area contributed by atoms with Crippen molar-refractivity contribution >= 4 is 63.1 Å². The first-order valence-corrected chi connectivity index (χ1v) is 7.07. The van der Waals surface area contributed by atoms with Crippen LogP contribution in [0.2, 0.25) is 15.1 Å². The van der Waals surface area contributed by atoms with Crippen LogP contribution in [0.25, 0.3) is 0 Å². The molecular weight excluding hydrogens is 366 g/mol. The Morgan fingerprint density at radius 1 is 1.10 bits per heavy atom. The average Bonchev–Trinajstić information content (AvgIpc) is 2.95. The van der Waals surface area contributed by atoms with Crippen LogP contribution in [0.5, 0.6) is 0 Å². The number of benzene rings is 1. The second kappa shape index (κ2) is 5.60. The number of halogens is 4. The molecule has 104 valence electrons. The molecule has 1 aromatic heterocycles. The Kier molecular flexibility index (Phi) is 4.39. The highest BCUT2D eigenvalue weighted by atomic mass is 35.5. The molecule has 2 amide bonds. The molecule has 1 N–H and O–H groups in total. The van der Waals surface area contributed by atoms with Gasteiger partial charge in [0.2, 0.25) is 0 Å². The summed E-state index contributed by atoms with van der Waals surface area (Å²) >= 11 is 19.0. The van der Waals surface area contributed by atoms with Gasteiger partial charge in [0.15, 0.2) is 0 Å². The molecule has 0 bridgehead atoms.